The summed E-state index contributed by atoms with van der Waals surface area (Å²) >= 11 is 0. The fraction of sp³-hybridized carbons (Fsp3) is 0.800. The second-order valence-corrected chi connectivity index (χ2v) is 4.79. The topological polar surface area (TPSA) is 74.6 Å². The molecule has 16 heavy (non-hydrogen) atoms. The van der Waals surface area contributed by atoms with Crippen molar-refractivity contribution in [1.82, 2.24) is 0 Å². The first kappa shape index (κ1) is 17.9. The van der Waals surface area contributed by atoms with Crippen molar-refractivity contribution >= 4 is 36.8 Å². The summed E-state index contributed by atoms with van der Waals surface area (Å²) in [5, 5.41) is 18.1. The second kappa shape index (κ2) is 5.23. The molecular weight excluding hydrogens is 255 g/mol. The number of carboxylic acid groups (broad SMARTS) is 2. The molecule has 0 aliphatic heterocycles. The Balaban J connectivity index is 0. The lowest BCUT2D eigenvalue weighted by Gasteiger charge is -2.36. The van der Waals surface area contributed by atoms with E-state index in [4.69, 9.17) is 10.2 Å². The highest BCUT2D eigenvalue weighted by atomic mass is 35.5. The van der Waals surface area contributed by atoms with Gasteiger partial charge in [-0.15, -0.1) is 24.8 Å². The van der Waals surface area contributed by atoms with Crippen LogP contribution in [-0.2, 0) is 9.59 Å². The van der Waals surface area contributed by atoms with E-state index in [1.54, 1.807) is 20.8 Å². The minimum absolute atomic E-state index is 0. The van der Waals surface area contributed by atoms with Gasteiger partial charge in [0.25, 0.3) is 0 Å². The van der Waals surface area contributed by atoms with E-state index in [2.05, 4.69) is 0 Å². The zero-order valence-electron chi connectivity index (χ0n) is 9.52. The number of hydrogen-bond acceptors (Lipinski definition) is 2. The summed E-state index contributed by atoms with van der Waals surface area (Å²) in [7, 11) is 0. The Kier molecular flexibility index (Phi) is 5.86. The van der Waals surface area contributed by atoms with Gasteiger partial charge in [-0.2, -0.15) is 0 Å². The molecule has 2 atom stereocenters. The number of halogens is 2. The molecule has 4 nitrogen and oxygen atoms in total. The van der Waals surface area contributed by atoms with E-state index in [0.717, 1.165) is 0 Å². The van der Waals surface area contributed by atoms with E-state index in [1.165, 1.54) is 0 Å². The van der Waals surface area contributed by atoms with Gasteiger partial charge in [-0.25, -0.2) is 0 Å². The fourth-order valence-corrected chi connectivity index (χ4v) is 2.32. The Morgan fingerprint density at radius 2 is 1.56 bits per heavy atom. The Labute approximate surface area is 107 Å². The summed E-state index contributed by atoms with van der Waals surface area (Å²) in [6.45, 7) is 5.10. The third-order valence-corrected chi connectivity index (χ3v) is 4.00. The molecule has 1 rings (SSSR count). The Morgan fingerprint density at radius 1 is 1.12 bits per heavy atom. The van der Waals surface area contributed by atoms with Gasteiger partial charge in [0.2, 0.25) is 0 Å². The molecule has 0 saturated heterocycles. The number of aliphatic carboxylic acids is 2. The van der Waals surface area contributed by atoms with Crippen LogP contribution in [-0.4, -0.2) is 22.2 Å². The van der Waals surface area contributed by atoms with Crippen molar-refractivity contribution in [2.45, 2.75) is 33.6 Å². The van der Waals surface area contributed by atoms with Crippen molar-refractivity contribution < 1.29 is 19.8 Å². The van der Waals surface area contributed by atoms with Gasteiger partial charge in [-0.3, -0.25) is 9.59 Å². The minimum Gasteiger partial charge on any atom is -0.481 e. The SMILES string of the molecule is CC1(C(=O)O)CCC(C(=O)O)C1(C)C.Cl.Cl. The molecule has 0 radical (unpaired) electrons. The van der Waals surface area contributed by atoms with E-state index in [9.17, 15) is 9.59 Å². The molecule has 2 unspecified atom stereocenters. The molecule has 1 aliphatic rings. The van der Waals surface area contributed by atoms with Crippen LogP contribution in [0.3, 0.4) is 0 Å². The van der Waals surface area contributed by atoms with Gasteiger partial charge in [-0.05, 0) is 25.2 Å². The third-order valence-electron chi connectivity index (χ3n) is 4.00. The van der Waals surface area contributed by atoms with Gasteiger partial charge < -0.3 is 10.2 Å². The lowest BCUT2D eigenvalue weighted by atomic mass is 9.66. The predicted octanol–water partition coefficient (Wildman–Crippen LogP) is 2.44. The standard InChI is InChI=1S/C10H16O4.2ClH/c1-9(2)6(7(11)12)4-5-10(9,3)8(13)14;;/h6H,4-5H2,1-3H3,(H,11,12)(H,13,14);2*1H. The zero-order chi connectivity index (χ0) is 11.1. The normalized spacial score (nSPS) is 31.1. The molecule has 0 aromatic rings. The molecule has 1 saturated carbocycles. The maximum Gasteiger partial charge on any atom is 0.309 e. The molecule has 0 spiro atoms. The summed E-state index contributed by atoms with van der Waals surface area (Å²) in [4.78, 5) is 22.0. The average Bonchev–Trinajstić information content (AvgIpc) is 2.24. The molecule has 96 valence electrons. The summed E-state index contributed by atoms with van der Waals surface area (Å²) < 4.78 is 0. The number of hydrogen-bond donors (Lipinski definition) is 2. The summed E-state index contributed by atoms with van der Waals surface area (Å²) in [6.07, 6.45) is 0.886. The van der Waals surface area contributed by atoms with Gasteiger partial charge in [-0.1, -0.05) is 13.8 Å². The summed E-state index contributed by atoms with van der Waals surface area (Å²) in [5.41, 5.74) is -1.61. The van der Waals surface area contributed by atoms with Crippen molar-refractivity contribution in [2.24, 2.45) is 16.7 Å². The second-order valence-electron chi connectivity index (χ2n) is 4.79. The van der Waals surface area contributed by atoms with Gasteiger partial charge in [0.1, 0.15) is 0 Å². The number of rotatable bonds is 2. The van der Waals surface area contributed by atoms with E-state index >= 15 is 0 Å². The number of carbonyl (C=O) groups is 2. The third kappa shape index (κ3) is 2.28. The van der Waals surface area contributed by atoms with Gasteiger partial charge >= 0.3 is 11.9 Å². The molecule has 1 aliphatic carbocycles. The molecule has 1 fully saturated rings. The molecule has 0 aromatic carbocycles. The molecule has 6 heteroatoms. The van der Waals surface area contributed by atoms with Crippen LogP contribution >= 0.6 is 24.8 Å². The highest BCUT2D eigenvalue weighted by molar-refractivity contribution is 5.85. The minimum atomic E-state index is -0.921. The molecular formula is C10H18Cl2O4. The lowest BCUT2D eigenvalue weighted by Crippen LogP contribution is -2.42. The van der Waals surface area contributed by atoms with Crippen LogP contribution in [0.4, 0.5) is 0 Å². The van der Waals surface area contributed by atoms with Crippen LogP contribution in [0, 0.1) is 16.7 Å². The first-order chi connectivity index (χ1) is 6.23. The largest absolute Gasteiger partial charge is 0.481 e. The van der Waals surface area contributed by atoms with Crippen LogP contribution in [0.1, 0.15) is 33.6 Å². The van der Waals surface area contributed by atoms with Crippen LogP contribution in [0.15, 0.2) is 0 Å². The van der Waals surface area contributed by atoms with Gasteiger partial charge in [0.05, 0.1) is 11.3 Å². The first-order valence-electron chi connectivity index (χ1n) is 4.69. The predicted molar refractivity (Wildman–Crippen MR) is 64.4 cm³/mol. The molecule has 0 aromatic heterocycles. The van der Waals surface area contributed by atoms with Gasteiger partial charge in [0, 0.05) is 0 Å². The highest BCUT2D eigenvalue weighted by Gasteiger charge is 2.58. The maximum absolute atomic E-state index is 11.1. The Bertz CT molecular complexity index is 291. The maximum atomic E-state index is 11.1. The monoisotopic (exact) mass is 272 g/mol. The van der Waals surface area contributed by atoms with E-state index in [1.807, 2.05) is 0 Å². The van der Waals surface area contributed by atoms with Gasteiger partial charge in [0.15, 0.2) is 0 Å². The Morgan fingerprint density at radius 3 is 1.75 bits per heavy atom. The summed E-state index contributed by atoms with van der Waals surface area (Å²) in [5.74, 6) is -2.34. The Hall–Kier alpha value is -0.480. The molecule has 0 heterocycles. The smallest absolute Gasteiger partial charge is 0.309 e. The first-order valence-corrected chi connectivity index (χ1v) is 4.69. The molecule has 2 N–H and O–H groups in total. The van der Waals surface area contributed by atoms with Crippen LogP contribution in [0.5, 0.6) is 0 Å². The fourth-order valence-electron chi connectivity index (χ4n) is 2.32. The van der Waals surface area contributed by atoms with E-state index < -0.39 is 28.7 Å². The van der Waals surface area contributed by atoms with Crippen molar-refractivity contribution in [3.8, 4) is 0 Å². The van der Waals surface area contributed by atoms with Crippen molar-refractivity contribution in [1.29, 1.82) is 0 Å². The average molecular weight is 273 g/mol. The molecule has 0 amide bonds. The van der Waals surface area contributed by atoms with Crippen molar-refractivity contribution in [2.75, 3.05) is 0 Å². The van der Waals surface area contributed by atoms with Crippen LogP contribution < -0.4 is 0 Å². The van der Waals surface area contributed by atoms with Crippen LogP contribution in [0.25, 0.3) is 0 Å². The van der Waals surface area contributed by atoms with E-state index in [0.29, 0.717) is 12.8 Å². The van der Waals surface area contributed by atoms with Crippen molar-refractivity contribution in [3.05, 3.63) is 0 Å². The lowest BCUT2D eigenvalue weighted by molar-refractivity contribution is -0.157. The highest BCUT2D eigenvalue weighted by Crippen LogP contribution is 2.56. The van der Waals surface area contributed by atoms with Crippen molar-refractivity contribution in [3.63, 3.8) is 0 Å². The number of carboxylic acids is 2. The molecule has 0 bridgehead atoms. The summed E-state index contributed by atoms with van der Waals surface area (Å²) in [6, 6.07) is 0. The van der Waals surface area contributed by atoms with E-state index in [-0.39, 0.29) is 24.8 Å². The van der Waals surface area contributed by atoms with Crippen LogP contribution in [0.2, 0.25) is 0 Å². The quantitative estimate of drug-likeness (QED) is 0.810. The zero-order valence-corrected chi connectivity index (χ0v) is 11.2.